The molecule has 1 unspecified atom stereocenters. The number of thiophene rings is 1. The number of hydrogen-bond acceptors (Lipinski definition) is 4. The average molecular weight is 473 g/mol. The Morgan fingerprint density at radius 2 is 1.97 bits per heavy atom. The van der Waals surface area contributed by atoms with Gasteiger partial charge in [-0.05, 0) is 85.5 Å². The summed E-state index contributed by atoms with van der Waals surface area (Å²) >= 11 is 1.77. The van der Waals surface area contributed by atoms with E-state index in [0.717, 1.165) is 31.1 Å². The van der Waals surface area contributed by atoms with Crippen LogP contribution in [0.25, 0.3) is 15.7 Å². The summed E-state index contributed by atoms with van der Waals surface area (Å²) in [5.74, 6) is -0.109. The number of amides is 1. The second kappa shape index (κ2) is 10.2. The van der Waals surface area contributed by atoms with Crippen molar-refractivity contribution in [3.05, 3.63) is 70.6 Å². The third kappa shape index (κ3) is 4.86. The van der Waals surface area contributed by atoms with E-state index in [4.69, 9.17) is 0 Å². The van der Waals surface area contributed by atoms with Crippen molar-refractivity contribution in [2.24, 2.45) is 0 Å². The minimum absolute atomic E-state index is 0.0781. The molecule has 1 fully saturated rings. The van der Waals surface area contributed by atoms with Crippen LogP contribution in [-0.4, -0.2) is 35.7 Å². The first-order chi connectivity index (χ1) is 16.6. The Kier molecular flexibility index (Phi) is 6.93. The van der Waals surface area contributed by atoms with Crippen LogP contribution < -0.4 is 5.32 Å². The van der Waals surface area contributed by atoms with E-state index in [1.54, 1.807) is 35.6 Å². The van der Waals surface area contributed by atoms with Gasteiger partial charge in [-0.1, -0.05) is 31.6 Å². The molecule has 1 N–H and O–H groups in total. The third-order valence-corrected chi connectivity index (χ3v) is 8.13. The lowest BCUT2D eigenvalue weighted by Gasteiger charge is -2.33. The fourth-order valence-electron chi connectivity index (χ4n) is 5.29. The highest BCUT2D eigenvalue weighted by Crippen LogP contribution is 2.37. The normalized spacial score (nSPS) is 18.7. The summed E-state index contributed by atoms with van der Waals surface area (Å²) in [6, 6.07) is 13.9. The lowest BCUT2D eigenvalue weighted by atomic mass is 9.95. The summed E-state index contributed by atoms with van der Waals surface area (Å²) in [6.07, 6.45) is 10.1. The predicted molar refractivity (Wildman–Crippen MR) is 142 cm³/mol. The molecule has 1 amide bonds. The number of fused-ring (bicyclic) bond motifs is 2. The smallest absolute Gasteiger partial charge is 0.255 e. The quantitative estimate of drug-likeness (QED) is 0.387. The fraction of sp³-hybridized carbons (Fsp3) is 0.379. The van der Waals surface area contributed by atoms with Crippen molar-refractivity contribution in [3.63, 3.8) is 0 Å². The maximum Gasteiger partial charge on any atom is 0.255 e. The van der Waals surface area contributed by atoms with Crippen LogP contribution >= 0.6 is 11.3 Å². The van der Waals surface area contributed by atoms with E-state index >= 15 is 0 Å². The standard InChI is InChI=1S/C29H32N2O2S/c1-2-6-27(32)21-7-5-8-22(17-21)29(33)30-23-11-13-28-25(18-23)26(19-34-28)20-10-12-24-9-3-4-15-31(24)16-14-20/h5,7-8,11,13-14,17-19,24H,2-4,6,9-10,12,15-16H2,1H3,(H,30,33). The van der Waals surface area contributed by atoms with Crippen LogP contribution in [-0.2, 0) is 0 Å². The number of piperidine rings is 1. The Morgan fingerprint density at radius 3 is 2.85 bits per heavy atom. The largest absolute Gasteiger partial charge is 0.322 e. The molecule has 1 aromatic heterocycles. The van der Waals surface area contributed by atoms with Crippen LogP contribution in [0, 0.1) is 0 Å². The topological polar surface area (TPSA) is 49.4 Å². The van der Waals surface area contributed by atoms with Crippen molar-refractivity contribution in [1.82, 2.24) is 4.90 Å². The van der Waals surface area contributed by atoms with E-state index in [9.17, 15) is 9.59 Å². The number of carbonyl (C=O) groups excluding carboxylic acids is 2. The highest BCUT2D eigenvalue weighted by Gasteiger charge is 2.25. The van der Waals surface area contributed by atoms with Gasteiger partial charge in [-0.25, -0.2) is 0 Å². The summed E-state index contributed by atoms with van der Waals surface area (Å²) < 4.78 is 1.24. The molecule has 4 nitrogen and oxygen atoms in total. The molecule has 1 saturated heterocycles. The van der Waals surface area contributed by atoms with Gasteiger partial charge >= 0.3 is 0 Å². The van der Waals surface area contributed by atoms with E-state index in [1.807, 2.05) is 13.0 Å². The summed E-state index contributed by atoms with van der Waals surface area (Å²) in [7, 11) is 0. The van der Waals surface area contributed by atoms with Crippen LogP contribution in [0.15, 0.2) is 53.9 Å². The molecule has 0 bridgehead atoms. The molecular formula is C29H32N2O2S. The van der Waals surface area contributed by atoms with E-state index in [1.165, 1.54) is 53.5 Å². The second-order valence-electron chi connectivity index (χ2n) is 9.48. The fourth-order valence-corrected chi connectivity index (χ4v) is 6.25. The molecule has 5 rings (SSSR count). The minimum atomic E-state index is -0.187. The molecule has 2 aromatic carbocycles. The van der Waals surface area contributed by atoms with Gasteiger partial charge in [0.2, 0.25) is 0 Å². The van der Waals surface area contributed by atoms with Crippen LogP contribution in [0.5, 0.6) is 0 Å². The molecule has 5 heteroatoms. The number of nitrogens with zero attached hydrogens (tertiary/aromatic N) is 1. The van der Waals surface area contributed by atoms with Crippen LogP contribution in [0.2, 0.25) is 0 Å². The van der Waals surface area contributed by atoms with Crippen LogP contribution in [0.4, 0.5) is 5.69 Å². The van der Waals surface area contributed by atoms with Crippen molar-refractivity contribution in [1.29, 1.82) is 0 Å². The first-order valence-electron chi connectivity index (χ1n) is 12.5. The van der Waals surface area contributed by atoms with Crippen molar-refractivity contribution in [2.75, 3.05) is 18.4 Å². The molecule has 3 heterocycles. The third-order valence-electron chi connectivity index (χ3n) is 7.17. The molecule has 3 aromatic rings. The SMILES string of the molecule is CCCC(=O)c1cccc(C(=O)Nc2ccc3scc(C4=CCN5CCCCC5CC4)c3c2)c1. The van der Waals surface area contributed by atoms with E-state index in [0.29, 0.717) is 17.5 Å². The molecule has 34 heavy (non-hydrogen) atoms. The Labute approximate surface area is 205 Å². The zero-order chi connectivity index (χ0) is 23.5. The van der Waals surface area contributed by atoms with Gasteiger partial charge in [0.1, 0.15) is 0 Å². The van der Waals surface area contributed by atoms with Gasteiger partial charge in [-0.3, -0.25) is 14.5 Å². The number of benzene rings is 2. The minimum Gasteiger partial charge on any atom is -0.322 e. The molecule has 176 valence electrons. The van der Waals surface area contributed by atoms with Crippen molar-refractivity contribution in [2.45, 2.75) is 57.9 Å². The van der Waals surface area contributed by atoms with Gasteiger partial charge in [0, 0.05) is 45.9 Å². The van der Waals surface area contributed by atoms with Crippen molar-refractivity contribution in [3.8, 4) is 0 Å². The van der Waals surface area contributed by atoms with Gasteiger partial charge in [0.05, 0.1) is 0 Å². The highest BCUT2D eigenvalue weighted by atomic mass is 32.1. The predicted octanol–water partition coefficient (Wildman–Crippen LogP) is 7.17. The van der Waals surface area contributed by atoms with Crippen molar-refractivity contribution >= 4 is 44.4 Å². The zero-order valence-corrected chi connectivity index (χ0v) is 20.6. The number of Topliss-reactive ketones (excluding diaryl/α,β-unsaturated/α-hetero) is 1. The number of nitrogens with one attached hydrogen (secondary N) is 1. The summed E-state index contributed by atoms with van der Waals surface area (Å²) in [5.41, 5.74) is 4.64. The van der Waals surface area contributed by atoms with Gasteiger partial charge in [0.25, 0.3) is 5.91 Å². The summed E-state index contributed by atoms with van der Waals surface area (Å²) in [6.45, 7) is 4.25. The number of rotatable bonds is 6. The highest BCUT2D eigenvalue weighted by molar-refractivity contribution is 7.17. The number of ketones is 1. The molecule has 2 aliphatic rings. The van der Waals surface area contributed by atoms with Gasteiger partial charge in [-0.2, -0.15) is 0 Å². The van der Waals surface area contributed by atoms with Crippen molar-refractivity contribution < 1.29 is 9.59 Å². The maximum absolute atomic E-state index is 13.0. The number of carbonyl (C=O) groups is 2. The molecule has 1 atom stereocenters. The Morgan fingerprint density at radius 1 is 1.09 bits per heavy atom. The van der Waals surface area contributed by atoms with Gasteiger partial charge in [0.15, 0.2) is 5.78 Å². The summed E-state index contributed by atoms with van der Waals surface area (Å²) in [4.78, 5) is 27.9. The van der Waals surface area contributed by atoms with Gasteiger partial charge < -0.3 is 5.32 Å². The van der Waals surface area contributed by atoms with E-state index < -0.39 is 0 Å². The lowest BCUT2D eigenvalue weighted by molar-refractivity contribution is 0.0981. The molecule has 0 radical (unpaired) electrons. The number of allylic oxidation sites excluding steroid dienone is 1. The first kappa shape index (κ1) is 23.0. The molecular weight excluding hydrogens is 440 g/mol. The Hall–Kier alpha value is -2.76. The average Bonchev–Trinajstić information content (AvgIpc) is 3.16. The Balaban J connectivity index is 1.36. The summed E-state index contributed by atoms with van der Waals surface area (Å²) in [5, 5.41) is 6.53. The monoisotopic (exact) mass is 472 g/mol. The number of anilines is 1. The van der Waals surface area contributed by atoms with Crippen LogP contribution in [0.1, 0.15) is 78.1 Å². The second-order valence-corrected chi connectivity index (χ2v) is 10.4. The van der Waals surface area contributed by atoms with Gasteiger partial charge in [-0.15, -0.1) is 11.3 Å². The maximum atomic E-state index is 13.0. The van der Waals surface area contributed by atoms with Crippen LogP contribution in [0.3, 0.4) is 0 Å². The number of hydrogen-bond donors (Lipinski definition) is 1. The van der Waals surface area contributed by atoms with E-state index in [-0.39, 0.29) is 11.7 Å². The first-order valence-corrected chi connectivity index (χ1v) is 13.4. The molecule has 0 spiro atoms. The zero-order valence-electron chi connectivity index (χ0n) is 19.8. The molecule has 0 aliphatic carbocycles. The Bertz CT molecular complexity index is 1240. The molecule has 2 aliphatic heterocycles. The lowest BCUT2D eigenvalue weighted by Crippen LogP contribution is -2.38. The van der Waals surface area contributed by atoms with E-state index in [2.05, 4.69) is 33.8 Å². The molecule has 0 saturated carbocycles.